The van der Waals surface area contributed by atoms with E-state index in [2.05, 4.69) is 0 Å². The number of carbonyl (C=O) groups excluding carboxylic acids is 1. The summed E-state index contributed by atoms with van der Waals surface area (Å²) < 4.78 is 1.81. The molecule has 1 N–H and O–H groups in total. The summed E-state index contributed by atoms with van der Waals surface area (Å²) in [6.07, 6.45) is 1.21. The lowest BCUT2D eigenvalue weighted by Gasteiger charge is -1.99. The molecule has 0 unspecified atom stereocenters. The number of carboxylic acid groups (broad SMARTS) is 1. The first kappa shape index (κ1) is 11.4. The second-order valence-electron chi connectivity index (χ2n) is 3.95. The number of aryl methyl sites for hydroxylation is 2. The van der Waals surface area contributed by atoms with Crippen LogP contribution in [0.5, 0.6) is 0 Å². The third kappa shape index (κ3) is 1.93. The van der Waals surface area contributed by atoms with Gasteiger partial charge >= 0.3 is 5.97 Å². The number of hydrogen-bond donors (Lipinski definition) is 1. The van der Waals surface area contributed by atoms with Crippen LogP contribution in [0.15, 0.2) is 24.3 Å². The predicted octanol–water partition coefficient (Wildman–Crippen LogP) is 2.01. The maximum absolute atomic E-state index is 11.1. The van der Waals surface area contributed by atoms with Gasteiger partial charge in [-0.3, -0.25) is 9.59 Å². The molecule has 17 heavy (non-hydrogen) atoms. The van der Waals surface area contributed by atoms with Gasteiger partial charge in [0.05, 0.1) is 5.69 Å². The molecule has 4 heteroatoms. The number of rotatable bonds is 4. The molecule has 0 radical (unpaired) electrons. The Morgan fingerprint density at radius 1 is 1.41 bits per heavy atom. The third-order valence-electron chi connectivity index (χ3n) is 2.96. The number of aromatic nitrogens is 1. The monoisotopic (exact) mass is 231 g/mol. The zero-order chi connectivity index (χ0) is 12.4. The second kappa shape index (κ2) is 4.41. The highest BCUT2D eigenvalue weighted by atomic mass is 16.4. The van der Waals surface area contributed by atoms with Crippen LogP contribution in [0.2, 0.25) is 0 Å². The molecule has 0 spiro atoms. The summed E-state index contributed by atoms with van der Waals surface area (Å²) in [5.74, 6) is -0.852. The van der Waals surface area contributed by atoms with Crippen LogP contribution in [0.3, 0.4) is 0 Å². The van der Waals surface area contributed by atoms with Gasteiger partial charge in [0.2, 0.25) is 0 Å². The number of benzene rings is 1. The highest BCUT2D eigenvalue weighted by molar-refractivity contribution is 5.93. The van der Waals surface area contributed by atoms with E-state index < -0.39 is 5.97 Å². The topological polar surface area (TPSA) is 59.3 Å². The van der Waals surface area contributed by atoms with E-state index >= 15 is 0 Å². The zero-order valence-electron chi connectivity index (χ0n) is 9.51. The van der Waals surface area contributed by atoms with Crippen LogP contribution in [0.4, 0.5) is 0 Å². The lowest BCUT2D eigenvalue weighted by atomic mass is 10.1. The van der Waals surface area contributed by atoms with E-state index in [0.717, 1.165) is 22.8 Å². The van der Waals surface area contributed by atoms with Crippen molar-refractivity contribution in [3.05, 3.63) is 35.5 Å². The molecule has 0 atom stereocenters. The third-order valence-corrected chi connectivity index (χ3v) is 2.96. The van der Waals surface area contributed by atoms with Crippen molar-refractivity contribution in [1.29, 1.82) is 0 Å². The average Bonchev–Trinajstić information content (AvgIpc) is 2.60. The fraction of sp³-hybridized carbons (Fsp3) is 0.231. The smallest absolute Gasteiger partial charge is 0.303 e. The standard InChI is InChI=1S/C13H13NO3/c1-14-11-5-3-2-4-9(11)10(12(14)8-15)6-7-13(16)17/h2-5,8H,6-7H2,1H3,(H,16,17). The van der Waals surface area contributed by atoms with Crippen molar-refractivity contribution in [1.82, 2.24) is 4.57 Å². The van der Waals surface area contributed by atoms with Gasteiger partial charge in [-0.1, -0.05) is 18.2 Å². The van der Waals surface area contributed by atoms with E-state index in [9.17, 15) is 9.59 Å². The van der Waals surface area contributed by atoms with E-state index in [1.807, 2.05) is 31.3 Å². The van der Waals surface area contributed by atoms with E-state index in [0.29, 0.717) is 12.1 Å². The molecule has 2 aromatic rings. The van der Waals surface area contributed by atoms with Gasteiger partial charge in [0.1, 0.15) is 0 Å². The molecule has 0 bridgehead atoms. The Bertz CT molecular complexity index is 584. The summed E-state index contributed by atoms with van der Waals surface area (Å²) in [6.45, 7) is 0. The number of carbonyl (C=O) groups is 2. The summed E-state index contributed by atoms with van der Waals surface area (Å²) in [5, 5.41) is 9.68. The molecule has 0 aliphatic rings. The van der Waals surface area contributed by atoms with E-state index in [1.165, 1.54) is 0 Å². The first-order valence-corrected chi connectivity index (χ1v) is 5.38. The van der Waals surface area contributed by atoms with Crippen molar-refractivity contribution in [2.75, 3.05) is 0 Å². The Hall–Kier alpha value is -2.10. The minimum Gasteiger partial charge on any atom is -0.481 e. The van der Waals surface area contributed by atoms with Crippen molar-refractivity contribution in [2.24, 2.45) is 7.05 Å². The Balaban J connectivity index is 2.58. The summed E-state index contributed by atoms with van der Waals surface area (Å²) in [5.41, 5.74) is 2.34. The van der Waals surface area contributed by atoms with E-state index in [1.54, 1.807) is 4.57 Å². The molecule has 0 fully saturated rings. The van der Waals surface area contributed by atoms with Gasteiger partial charge in [-0.2, -0.15) is 0 Å². The van der Waals surface area contributed by atoms with Crippen LogP contribution >= 0.6 is 0 Å². The minimum absolute atomic E-state index is 0.0366. The highest BCUT2D eigenvalue weighted by Crippen LogP contribution is 2.25. The molecule has 1 heterocycles. The molecule has 1 aromatic heterocycles. The lowest BCUT2D eigenvalue weighted by Crippen LogP contribution is -2.01. The number of nitrogens with zero attached hydrogens (tertiary/aromatic N) is 1. The summed E-state index contributed by atoms with van der Waals surface area (Å²) >= 11 is 0. The van der Waals surface area contributed by atoms with Crippen LogP contribution < -0.4 is 0 Å². The lowest BCUT2D eigenvalue weighted by molar-refractivity contribution is -0.136. The zero-order valence-corrected chi connectivity index (χ0v) is 9.51. The van der Waals surface area contributed by atoms with Crippen molar-refractivity contribution in [3.63, 3.8) is 0 Å². The molecular weight excluding hydrogens is 218 g/mol. The molecule has 0 aliphatic heterocycles. The maximum atomic E-state index is 11.1. The first-order chi connectivity index (χ1) is 8.15. The van der Waals surface area contributed by atoms with Gasteiger partial charge < -0.3 is 9.67 Å². The Morgan fingerprint density at radius 3 is 2.76 bits per heavy atom. The van der Waals surface area contributed by atoms with Crippen LogP contribution in [0.1, 0.15) is 22.5 Å². The molecule has 1 aromatic carbocycles. The van der Waals surface area contributed by atoms with Gasteiger partial charge in [0.25, 0.3) is 0 Å². The average molecular weight is 231 g/mol. The number of fused-ring (bicyclic) bond motifs is 1. The Labute approximate surface area is 98.5 Å². The number of para-hydroxylation sites is 1. The molecule has 0 saturated heterocycles. The summed E-state index contributed by atoms with van der Waals surface area (Å²) in [7, 11) is 1.82. The summed E-state index contributed by atoms with van der Waals surface area (Å²) in [4.78, 5) is 21.7. The molecule has 4 nitrogen and oxygen atoms in total. The van der Waals surface area contributed by atoms with Crippen molar-refractivity contribution in [2.45, 2.75) is 12.8 Å². The van der Waals surface area contributed by atoms with Gasteiger partial charge in [0.15, 0.2) is 6.29 Å². The molecule has 0 aliphatic carbocycles. The molecule has 2 rings (SSSR count). The van der Waals surface area contributed by atoms with Gasteiger partial charge in [-0.15, -0.1) is 0 Å². The maximum Gasteiger partial charge on any atom is 0.303 e. The van der Waals surface area contributed by atoms with E-state index in [4.69, 9.17) is 5.11 Å². The number of aldehydes is 1. The predicted molar refractivity (Wildman–Crippen MR) is 64.3 cm³/mol. The van der Waals surface area contributed by atoms with Gasteiger partial charge in [-0.05, 0) is 18.1 Å². The second-order valence-corrected chi connectivity index (χ2v) is 3.95. The molecular formula is C13H13NO3. The Morgan fingerprint density at radius 2 is 2.12 bits per heavy atom. The number of aliphatic carboxylic acids is 1. The fourth-order valence-corrected chi connectivity index (χ4v) is 2.14. The molecule has 0 saturated carbocycles. The largest absolute Gasteiger partial charge is 0.481 e. The van der Waals surface area contributed by atoms with Gasteiger partial charge in [-0.25, -0.2) is 0 Å². The van der Waals surface area contributed by atoms with Crippen LogP contribution in [-0.4, -0.2) is 21.9 Å². The van der Waals surface area contributed by atoms with Crippen LogP contribution in [0.25, 0.3) is 10.9 Å². The highest BCUT2D eigenvalue weighted by Gasteiger charge is 2.14. The number of hydrogen-bond acceptors (Lipinski definition) is 2. The van der Waals surface area contributed by atoms with Crippen molar-refractivity contribution < 1.29 is 14.7 Å². The summed E-state index contributed by atoms with van der Waals surface area (Å²) in [6, 6.07) is 7.63. The molecule has 0 amide bonds. The van der Waals surface area contributed by atoms with Gasteiger partial charge in [0, 0.05) is 24.4 Å². The normalized spacial score (nSPS) is 10.6. The number of carboxylic acids is 1. The van der Waals surface area contributed by atoms with Crippen LogP contribution in [0, 0.1) is 0 Å². The van der Waals surface area contributed by atoms with E-state index in [-0.39, 0.29) is 6.42 Å². The Kier molecular flexibility index (Phi) is 2.95. The SMILES string of the molecule is Cn1c(C=O)c(CCC(=O)O)c2ccccc21. The fourth-order valence-electron chi connectivity index (χ4n) is 2.14. The molecule has 88 valence electrons. The van der Waals surface area contributed by atoms with Crippen molar-refractivity contribution in [3.8, 4) is 0 Å². The van der Waals surface area contributed by atoms with Crippen LogP contribution in [-0.2, 0) is 18.3 Å². The first-order valence-electron chi connectivity index (χ1n) is 5.38. The minimum atomic E-state index is -0.852. The quantitative estimate of drug-likeness (QED) is 0.819. The van der Waals surface area contributed by atoms with Crippen molar-refractivity contribution >= 4 is 23.2 Å².